The molecule has 0 radical (unpaired) electrons. The van der Waals surface area contributed by atoms with E-state index in [9.17, 15) is 4.79 Å². The van der Waals surface area contributed by atoms with Gasteiger partial charge in [0.05, 0.1) is 0 Å². The molecule has 0 heterocycles. The molecule has 1 saturated carbocycles. The zero-order valence-electron chi connectivity index (χ0n) is 6.62. The second-order valence-electron chi connectivity index (χ2n) is 2.86. The first-order chi connectivity index (χ1) is 5.33. The van der Waals surface area contributed by atoms with Gasteiger partial charge in [-0.05, 0) is 12.8 Å². The topological polar surface area (TPSA) is 26.3 Å². The number of ether oxygens (including phenoxy) is 1. The van der Waals surface area contributed by atoms with Crippen molar-refractivity contribution in [2.75, 3.05) is 7.11 Å². The molecule has 0 N–H and O–H groups in total. The van der Waals surface area contributed by atoms with Gasteiger partial charge in [0.1, 0.15) is 12.4 Å². The van der Waals surface area contributed by atoms with Crippen LogP contribution in [0.15, 0.2) is 0 Å². The molecular formula is C9H12O2. The van der Waals surface area contributed by atoms with Gasteiger partial charge in [0.25, 0.3) is 0 Å². The molecule has 60 valence electrons. The molecule has 1 aliphatic carbocycles. The third kappa shape index (κ3) is 1.44. The molecule has 3 atom stereocenters. The van der Waals surface area contributed by atoms with Gasteiger partial charge in [-0.2, -0.15) is 0 Å². The average molecular weight is 152 g/mol. The van der Waals surface area contributed by atoms with E-state index in [1.54, 1.807) is 7.11 Å². The summed E-state index contributed by atoms with van der Waals surface area (Å²) in [5, 5.41) is 0. The first-order valence-electron chi connectivity index (χ1n) is 3.77. The third-order valence-corrected chi connectivity index (χ3v) is 2.37. The van der Waals surface area contributed by atoms with Crippen molar-refractivity contribution in [3.05, 3.63) is 0 Å². The molecule has 0 aliphatic heterocycles. The summed E-state index contributed by atoms with van der Waals surface area (Å²) in [7, 11) is 1.59. The van der Waals surface area contributed by atoms with Crippen molar-refractivity contribution in [1.82, 2.24) is 0 Å². The quantitative estimate of drug-likeness (QED) is 0.443. The first-order valence-corrected chi connectivity index (χ1v) is 3.77. The van der Waals surface area contributed by atoms with Crippen LogP contribution in [-0.2, 0) is 9.53 Å². The second-order valence-corrected chi connectivity index (χ2v) is 2.86. The van der Waals surface area contributed by atoms with E-state index in [2.05, 4.69) is 5.92 Å². The van der Waals surface area contributed by atoms with E-state index in [4.69, 9.17) is 11.2 Å². The minimum absolute atomic E-state index is 0.135. The molecule has 0 aromatic carbocycles. The van der Waals surface area contributed by atoms with E-state index < -0.39 is 0 Å². The smallest absolute Gasteiger partial charge is 0.123 e. The van der Waals surface area contributed by atoms with E-state index >= 15 is 0 Å². The van der Waals surface area contributed by atoms with Crippen molar-refractivity contribution in [3.63, 3.8) is 0 Å². The van der Waals surface area contributed by atoms with Gasteiger partial charge >= 0.3 is 0 Å². The van der Waals surface area contributed by atoms with Gasteiger partial charge < -0.3 is 9.53 Å². The summed E-state index contributed by atoms with van der Waals surface area (Å²) in [6.45, 7) is 0. The number of carbonyl (C=O) groups is 1. The molecule has 11 heavy (non-hydrogen) atoms. The summed E-state index contributed by atoms with van der Waals surface area (Å²) < 4.78 is 5.04. The Kier molecular flexibility index (Phi) is 2.67. The number of hydrogen-bond donors (Lipinski definition) is 0. The summed E-state index contributed by atoms with van der Waals surface area (Å²) in [4.78, 5) is 10.4. The Morgan fingerprint density at radius 3 is 2.73 bits per heavy atom. The normalized spacial score (nSPS) is 31.6. The number of rotatable bonds is 3. The number of hydrogen-bond acceptors (Lipinski definition) is 2. The zero-order chi connectivity index (χ0) is 8.27. The fourth-order valence-corrected chi connectivity index (χ4v) is 1.46. The van der Waals surface area contributed by atoms with Crippen LogP contribution in [0.25, 0.3) is 0 Å². The summed E-state index contributed by atoms with van der Waals surface area (Å²) >= 11 is 0. The second kappa shape index (κ2) is 3.54. The van der Waals surface area contributed by atoms with Crippen LogP contribution in [0.3, 0.4) is 0 Å². The molecular weight excluding hydrogens is 140 g/mol. The van der Waals surface area contributed by atoms with Gasteiger partial charge in [-0.1, -0.05) is 5.92 Å². The molecule has 0 unspecified atom stereocenters. The predicted molar refractivity (Wildman–Crippen MR) is 41.9 cm³/mol. The fourth-order valence-electron chi connectivity index (χ4n) is 1.46. The molecule has 2 heteroatoms. The van der Waals surface area contributed by atoms with E-state index in [1.165, 1.54) is 0 Å². The van der Waals surface area contributed by atoms with Crippen LogP contribution in [0, 0.1) is 24.2 Å². The minimum Gasteiger partial charge on any atom is -0.368 e. The zero-order valence-corrected chi connectivity index (χ0v) is 6.62. The summed E-state index contributed by atoms with van der Waals surface area (Å²) in [6.07, 6.45) is 8.02. The van der Waals surface area contributed by atoms with Gasteiger partial charge in [-0.15, -0.1) is 6.42 Å². The Hall–Kier alpha value is -0.810. The average Bonchev–Trinajstić information content (AvgIpc) is 1.98. The molecule has 0 aromatic rings. The van der Waals surface area contributed by atoms with Gasteiger partial charge in [0, 0.05) is 18.9 Å². The largest absolute Gasteiger partial charge is 0.368 e. The summed E-state index contributed by atoms with van der Waals surface area (Å²) in [6, 6.07) is 0. The highest BCUT2D eigenvalue weighted by Gasteiger charge is 2.35. The van der Waals surface area contributed by atoms with E-state index in [0.717, 1.165) is 19.1 Å². The Balaban J connectivity index is 2.47. The van der Waals surface area contributed by atoms with Gasteiger partial charge in [-0.25, -0.2) is 0 Å². The Morgan fingerprint density at radius 1 is 1.73 bits per heavy atom. The van der Waals surface area contributed by atoms with Crippen molar-refractivity contribution in [2.45, 2.75) is 18.9 Å². The first kappa shape index (κ1) is 8.29. The maximum absolute atomic E-state index is 10.4. The van der Waals surface area contributed by atoms with E-state index in [-0.39, 0.29) is 17.9 Å². The number of terminal acetylenes is 1. The Bertz CT molecular complexity index is 180. The SMILES string of the molecule is C#C[C@H](OC)[C@@H]1CC[C@H]1C=O. The maximum atomic E-state index is 10.4. The van der Waals surface area contributed by atoms with Crippen molar-refractivity contribution >= 4 is 6.29 Å². The van der Waals surface area contributed by atoms with E-state index in [1.807, 2.05) is 0 Å². The molecule has 0 saturated heterocycles. The van der Waals surface area contributed by atoms with Crippen LogP contribution >= 0.6 is 0 Å². The van der Waals surface area contributed by atoms with Crippen LogP contribution in [0.1, 0.15) is 12.8 Å². The van der Waals surface area contributed by atoms with Crippen LogP contribution in [0.5, 0.6) is 0 Å². The lowest BCUT2D eigenvalue weighted by atomic mass is 9.71. The molecule has 1 aliphatic rings. The van der Waals surface area contributed by atoms with Crippen LogP contribution in [0.4, 0.5) is 0 Å². The number of aldehydes is 1. The standard InChI is InChI=1S/C9H12O2/c1-3-9(11-2)8-5-4-7(8)6-10/h1,6-9H,4-5H2,2H3/t7-,8+,9-/m0/s1. The van der Waals surface area contributed by atoms with Crippen LogP contribution < -0.4 is 0 Å². The molecule has 0 spiro atoms. The monoisotopic (exact) mass is 152 g/mol. The van der Waals surface area contributed by atoms with Gasteiger partial charge in [0.2, 0.25) is 0 Å². The molecule has 1 fully saturated rings. The van der Waals surface area contributed by atoms with Crippen molar-refractivity contribution < 1.29 is 9.53 Å². The summed E-state index contributed by atoms with van der Waals surface area (Å²) in [5.41, 5.74) is 0. The lowest BCUT2D eigenvalue weighted by Gasteiger charge is -2.35. The lowest BCUT2D eigenvalue weighted by Crippen LogP contribution is -2.37. The molecule has 0 amide bonds. The van der Waals surface area contributed by atoms with Crippen LogP contribution in [-0.4, -0.2) is 19.5 Å². The fraction of sp³-hybridized carbons (Fsp3) is 0.667. The lowest BCUT2D eigenvalue weighted by molar-refractivity contribution is -0.118. The highest BCUT2D eigenvalue weighted by Crippen LogP contribution is 2.35. The molecule has 0 bridgehead atoms. The molecule has 2 nitrogen and oxygen atoms in total. The molecule has 0 aromatic heterocycles. The summed E-state index contributed by atoms with van der Waals surface area (Å²) in [5.74, 6) is 2.94. The number of methoxy groups -OCH3 is 1. The Morgan fingerprint density at radius 2 is 2.45 bits per heavy atom. The predicted octanol–water partition coefficient (Wildman–Crippen LogP) is 0.860. The van der Waals surface area contributed by atoms with Gasteiger partial charge in [-0.3, -0.25) is 0 Å². The highest BCUT2D eigenvalue weighted by molar-refractivity contribution is 5.56. The molecule has 1 rings (SSSR count). The van der Waals surface area contributed by atoms with Crippen LogP contribution in [0.2, 0.25) is 0 Å². The van der Waals surface area contributed by atoms with Crippen molar-refractivity contribution in [3.8, 4) is 12.3 Å². The minimum atomic E-state index is -0.168. The van der Waals surface area contributed by atoms with E-state index in [0.29, 0.717) is 0 Å². The van der Waals surface area contributed by atoms with Gasteiger partial charge in [0.15, 0.2) is 0 Å². The maximum Gasteiger partial charge on any atom is 0.123 e. The highest BCUT2D eigenvalue weighted by atomic mass is 16.5. The Labute approximate surface area is 66.9 Å². The van der Waals surface area contributed by atoms with Crippen molar-refractivity contribution in [1.29, 1.82) is 0 Å². The third-order valence-electron chi connectivity index (χ3n) is 2.37. The number of carbonyl (C=O) groups excluding carboxylic acids is 1. The van der Waals surface area contributed by atoms with Crippen molar-refractivity contribution in [2.24, 2.45) is 11.8 Å².